The highest BCUT2D eigenvalue weighted by atomic mass is 19.1. The summed E-state index contributed by atoms with van der Waals surface area (Å²) in [5.74, 6) is 0.401. The lowest BCUT2D eigenvalue weighted by Crippen LogP contribution is -2.13. The van der Waals surface area contributed by atoms with Crippen molar-refractivity contribution < 1.29 is 9.13 Å². The molecule has 0 bridgehead atoms. The Morgan fingerprint density at radius 1 is 1.21 bits per heavy atom. The Hall–Kier alpha value is -1.94. The number of halogens is 1. The van der Waals surface area contributed by atoms with Crippen LogP contribution in [0.15, 0.2) is 36.5 Å². The second-order valence-corrected chi connectivity index (χ2v) is 4.38. The molecule has 0 radical (unpaired) electrons. The summed E-state index contributed by atoms with van der Waals surface area (Å²) >= 11 is 0. The molecule has 2 rings (SSSR count). The fourth-order valence-electron chi connectivity index (χ4n) is 1.81. The summed E-state index contributed by atoms with van der Waals surface area (Å²) in [6, 6.07) is 8.61. The number of pyridine rings is 1. The molecule has 1 N–H and O–H groups in total. The van der Waals surface area contributed by atoms with Gasteiger partial charge in [0.15, 0.2) is 0 Å². The number of nitrogens with zero attached hydrogens (tertiary/aromatic N) is 1. The van der Waals surface area contributed by atoms with Gasteiger partial charge in [0.2, 0.25) is 5.88 Å². The Labute approximate surface area is 112 Å². The highest BCUT2D eigenvalue weighted by Gasteiger charge is 2.01. The Kier molecular flexibility index (Phi) is 4.47. The number of aryl methyl sites for hydroxylation is 1. The lowest BCUT2D eigenvalue weighted by Gasteiger charge is -2.08. The number of ether oxygens (including phenoxy) is 1. The van der Waals surface area contributed by atoms with Crippen LogP contribution in [0.2, 0.25) is 0 Å². The van der Waals surface area contributed by atoms with Gasteiger partial charge in [-0.05, 0) is 35.7 Å². The maximum Gasteiger partial charge on any atom is 0.212 e. The summed E-state index contributed by atoms with van der Waals surface area (Å²) in [5.41, 5.74) is 3.12. The first-order chi connectivity index (χ1) is 9.19. The molecule has 3 nitrogen and oxygen atoms in total. The molecule has 0 amide bonds. The van der Waals surface area contributed by atoms with Crippen molar-refractivity contribution in [3.05, 3.63) is 59.0 Å². The summed E-state index contributed by atoms with van der Waals surface area (Å²) in [4.78, 5) is 4.13. The summed E-state index contributed by atoms with van der Waals surface area (Å²) in [6.07, 6.45) is 1.77. The summed E-state index contributed by atoms with van der Waals surface area (Å²) in [6.45, 7) is 3.30. The molecular weight excluding hydrogens is 243 g/mol. The smallest absolute Gasteiger partial charge is 0.212 e. The second-order valence-electron chi connectivity index (χ2n) is 4.38. The van der Waals surface area contributed by atoms with Gasteiger partial charge in [-0.1, -0.05) is 12.1 Å². The van der Waals surface area contributed by atoms with E-state index in [0.717, 1.165) is 16.7 Å². The van der Waals surface area contributed by atoms with Gasteiger partial charge in [-0.2, -0.15) is 0 Å². The normalized spacial score (nSPS) is 10.5. The number of methoxy groups -OCH3 is 1. The number of rotatable bonds is 5. The van der Waals surface area contributed by atoms with E-state index < -0.39 is 0 Å². The van der Waals surface area contributed by atoms with Gasteiger partial charge in [-0.25, -0.2) is 9.37 Å². The van der Waals surface area contributed by atoms with Crippen LogP contribution in [0.4, 0.5) is 4.39 Å². The first-order valence-corrected chi connectivity index (χ1v) is 6.13. The molecule has 0 spiro atoms. The molecule has 0 aliphatic rings. The third-order valence-electron chi connectivity index (χ3n) is 2.96. The van der Waals surface area contributed by atoms with Gasteiger partial charge < -0.3 is 10.1 Å². The van der Waals surface area contributed by atoms with Crippen molar-refractivity contribution in [2.24, 2.45) is 0 Å². The minimum absolute atomic E-state index is 0.200. The number of aromatic nitrogens is 1. The highest BCUT2D eigenvalue weighted by molar-refractivity contribution is 5.26. The van der Waals surface area contributed by atoms with E-state index in [0.29, 0.717) is 19.0 Å². The Bertz CT molecular complexity index is 540. The van der Waals surface area contributed by atoms with Gasteiger partial charge in [0.25, 0.3) is 0 Å². The van der Waals surface area contributed by atoms with Gasteiger partial charge >= 0.3 is 0 Å². The minimum atomic E-state index is -0.200. The van der Waals surface area contributed by atoms with Crippen LogP contribution >= 0.6 is 0 Å². The van der Waals surface area contributed by atoms with Crippen LogP contribution in [-0.4, -0.2) is 12.1 Å². The van der Waals surface area contributed by atoms with Crippen molar-refractivity contribution in [1.82, 2.24) is 10.3 Å². The van der Waals surface area contributed by atoms with E-state index in [-0.39, 0.29) is 5.82 Å². The molecular formula is C15H17FN2O. The van der Waals surface area contributed by atoms with Crippen molar-refractivity contribution >= 4 is 0 Å². The van der Waals surface area contributed by atoms with E-state index in [4.69, 9.17) is 4.74 Å². The van der Waals surface area contributed by atoms with Crippen LogP contribution < -0.4 is 10.1 Å². The molecule has 0 saturated heterocycles. The maximum atomic E-state index is 13.1. The van der Waals surface area contributed by atoms with Crippen molar-refractivity contribution in [1.29, 1.82) is 0 Å². The molecule has 0 atom stereocenters. The summed E-state index contributed by atoms with van der Waals surface area (Å²) < 4.78 is 18.1. The molecule has 2 aromatic rings. The average Bonchev–Trinajstić information content (AvgIpc) is 2.43. The lowest BCUT2D eigenvalue weighted by atomic mass is 10.1. The third-order valence-corrected chi connectivity index (χ3v) is 2.96. The van der Waals surface area contributed by atoms with Gasteiger partial charge in [-0.15, -0.1) is 0 Å². The average molecular weight is 260 g/mol. The molecule has 100 valence electrons. The molecule has 0 saturated carbocycles. The van der Waals surface area contributed by atoms with E-state index in [1.807, 2.05) is 19.1 Å². The van der Waals surface area contributed by atoms with Crippen LogP contribution in [0, 0.1) is 12.7 Å². The summed E-state index contributed by atoms with van der Waals surface area (Å²) in [5, 5.41) is 3.28. The van der Waals surface area contributed by atoms with Crippen LogP contribution in [-0.2, 0) is 13.1 Å². The number of benzene rings is 1. The first-order valence-electron chi connectivity index (χ1n) is 6.13. The SMILES string of the molecule is COc1ccc(CNCc2cc(F)ccc2C)cn1. The van der Waals surface area contributed by atoms with Crippen molar-refractivity contribution in [3.63, 3.8) is 0 Å². The molecule has 4 heteroatoms. The van der Waals surface area contributed by atoms with Gasteiger partial charge in [0.1, 0.15) is 5.82 Å². The second kappa shape index (κ2) is 6.29. The van der Waals surface area contributed by atoms with E-state index >= 15 is 0 Å². The monoisotopic (exact) mass is 260 g/mol. The van der Waals surface area contributed by atoms with E-state index in [1.165, 1.54) is 6.07 Å². The Balaban J connectivity index is 1.90. The maximum absolute atomic E-state index is 13.1. The van der Waals surface area contributed by atoms with Crippen LogP contribution in [0.5, 0.6) is 5.88 Å². The molecule has 0 fully saturated rings. The van der Waals surface area contributed by atoms with Crippen LogP contribution in [0.1, 0.15) is 16.7 Å². The first kappa shape index (κ1) is 13.5. The largest absolute Gasteiger partial charge is 0.481 e. The third kappa shape index (κ3) is 3.76. The zero-order chi connectivity index (χ0) is 13.7. The van der Waals surface area contributed by atoms with Crippen molar-refractivity contribution in [2.75, 3.05) is 7.11 Å². The lowest BCUT2D eigenvalue weighted by molar-refractivity contribution is 0.397. The Morgan fingerprint density at radius 3 is 2.74 bits per heavy atom. The van der Waals surface area contributed by atoms with Crippen molar-refractivity contribution in [2.45, 2.75) is 20.0 Å². The zero-order valence-corrected chi connectivity index (χ0v) is 11.1. The molecule has 1 aromatic carbocycles. The minimum Gasteiger partial charge on any atom is -0.481 e. The molecule has 19 heavy (non-hydrogen) atoms. The molecule has 1 aromatic heterocycles. The van der Waals surface area contributed by atoms with E-state index in [9.17, 15) is 4.39 Å². The quantitative estimate of drug-likeness (QED) is 0.897. The highest BCUT2D eigenvalue weighted by Crippen LogP contribution is 2.11. The Morgan fingerprint density at radius 2 is 2.05 bits per heavy atom. The zero-order valence-electron chi connectivity index (χ0n) is 11.1. The van der Waals surface area contributed by atoms with Crippen molar-refractivity contribution in [3.8, 4) is 5.88 Å². The topological polar surface area (TPSA) is 34.1 Å². The van der Waals surface area contributed by atoms with E-state index in [2.05, 4.69) is 10.3 Å². The van der Waals surface area contributed by atoms with Gasteiger partial charge in [0.05, 0.1) is 7.11 Å². The molecule has 1 heterocycles. The predicted octanol–water partition coefficient (Wildman–Crippen LogP) is 2.83. The fraction of sp³-hybridized carbons (Fsp3) is 0.267. The van der Waals surface area contributed by atoms with Gasteiger partial charge in [0, 0.05) is 25.4 Å². The van der Waals surface area contributed by atoms with Crippen LogP contribution in [0.3, 0.4) is 0 Å². The van der Waals surface area contributed by atoms with Crippen LogP contribution in [0.25, 0.3) is 0 Å². The molecule has 0 aliphatic heterocycles. The number of hydrogen-bond acceptors (Lipinski definition) is 3. The standard InChI is InChI=1S/C15H17FN2O/c1-11-3-5-14(16)7-13(11)10-17-8-12-4-6-15(19-2)18-9-12/h3-7,9,17H,8,10H2,1-2H3. The number of nitrogens with one attached hydrogen (secondary N) is 1. The van der Waals surface area contributed by atoms with E-state index in [1.54, 1.807) is 25.4 Å². The predicted molar refractivity (Wildman–Crippen MR) is 72.5 cm³/mol. The number of hydrogen-bond donors (Lipinski definition) is 1. The molecule has 0 unspecified atom stereocenters. The van der Waals surface area contributed by atoms with Gasteiger partial charge in [-0.3, -0.25) is 0 Å². The fourth-order valence-corrected chi connectivity index (χ4v) is 1.81. The summed E-state index contributed by atoms with van der Waals surface area (Å²) in [7, 11) is 1.59. The molecule has 0 aliphatic carbocycles.